The highest BCUT2D eigenvalue weighted by Gasteiger charge is 2.32. The van der Waals surface area contributed by atoms with Gasteiger partial charge in [-0.05, 0) is 49.6 Å². The molecule has 1 atom stereocenters. The minimum Gasteiger partial charge on any atom is -0.497 e. The number of H-pyrrole nitrogens is 1. The quantitative estimate of drug-likeness (QED) is 0.714. The third-order valence-corrected chi connectivity index (χ3v) is 5.36. The van der Waals surface area contributed by atoms with Crippen molar-refractivity contribution < 1.29 is 9.53 Å². The normalized spacial score (nSPS) is 16.9. The number of para-hydroxylation sites is 1. The van der Waals surface area contributed by atoms with Gasteiger partial charge < -0.3 is 15.0 Å². The first-order valence-corrected chi connectivity index (χ1v) is 9.83. The standard InChI is InChI=1S/C23H27N3O2/c1-15(2)24-21(27)14-26-13-12-19-18-6-4-5-7-20(18)25-22(19)23(26)16-8-10-17(28-3)11-9-16/h4-11,15,23,25H,12-14H2,1-3H3,(H,24,27)/t23-/m0/s1. The molecule has 2 aromatic carbocycles. The van der Waals surface area contributed by atoms with E-state index in [0.29, 0.717) is 6.54 Å². The van der Waals surface area contributed by atoms with Gasteiger partial charge in [0.05, 0.1) is 19.7 Å². The highest BCUT2D eigenvalue weighted by molar-refractivity contribution is 5.85. The van der Waals surface area contributed by atoms with Gasteiger partial charge in [0, 0.05) is 29.2 Å². The topological polar surface area (TPSA) is 57.4 Å². The van der Waals surface area contributed by atoms with E-state index >= 15 is 0 Å². The number of carbonyl (C=O) groups is 1. The van der Waals surface area contributed by atoms with Gasteiger partial charge in [0.25, 0.3) is 0 Å². The molecule has 28 heavy (non-hydrogen) atoms. The first-order chi connectivity index (χ1) is 13.6. The number of rotatable bonds is 5. The van der Waals surface area contributed by atoms with Crippen molar-refractivity contribution >= 4 is 16.8 Å². The molecule has 0 radical (unpaired) electrons. The minimum atomic E-state index is 0.0139. The Morgan fingerprint density at radius 3 is 2.68 bits per heavy atom. The summed E-state index contributed by atoms with van der Waals surface area (Å²) >= 11 is 0. The zero-order chi connectivity index (χ0) is 19.7. The molecule has 0 aliphatic carbocycles. The van der Waals surface area contributed by atoms with Crippen LogP contribution < -0.4 is 10.1 Å². The molecule has 1 aromatic heterocycles. The second-order valence-electron chi connectivity index (χ2n) is 7.68. The van der Waals surface area contributed by atoms with Gasteiger partial charge in [-0.2, -0.15) is 0 Å². The molecule has 2 heterocycles. The van der Waals surface area contributed by atoms with E-state index in [9.17, 15) is 4.79 Å². The monoisotopic (exact) mass is 377 g/mol. The van der Waals surface area contributed by atoms with Crippen LogP contribution in [0.3, 0.4) is 0 Å². The molecule has 1 amide bonds. The molecule has 0 spiro atoms. The Bertz CT molecular complexity index is 975. The number of hydrogen-bond donors (Lipinski definition) is 2. The fourth-order valence-corrected chi connectivity index (χ4v) is 4.18. The van der Waals surface area contributed by atoms with E-state index in [1.165, 1.54) is 16.6 Å². The van der Waals surface area contributed by atoms with Crippen molar-refractivity contribution in [3.63, 3.8) is 0 Å². The molecule has 0 fully saturated rings. The number of ether oxygens (including phenoxy) is 1. The molecule has 0 unspecified atom stereocenters. The third-order valence-electron chi connectivity index (χ3n) is 5.36. The van der Waals surface area contributed by atoms with Crippen LogP contribution >= 0.6 is 0 Å². The lowest BCUT2D eigenvalue weighted by atomic mass is 9.92. The molecule has 1 aliphatic heterocycles. The molecule has 146 valence electrons. The molecular formula is C23H27N3O2. The van der Waals surface area contributed by atoms with E-state index in [1.807, 2.05) is 26.0 Å². The van der Waals surface area contributed by atoms with Crippen LogP contribution in [0.2, 0.25) is 0 Å². The van der Waals surface area contributed by atoms with Crippen molar-refractivity contribution in [1.82, 2.24) is 15.2 Å². The van der Waals surface area contributed by atoms with E-state index in [0.717, 1.165) is 29.8 Å². The summed E-state index contributed by atoms with van der Waals surface area (Å²) in [6.45, 7) is 5.20. The summed E-state index contributed by atoms with van der Waals surface area (Å²) in [5.74, 6) is 0.897. The van der Waals surface area contributed by atoms with E-state index in [-0.39, 0.29) is 18.0 Å². The smallest absolute Gasteiger partial charge is 0.234 e. The number of hydrogen-bond acceptors (Lipinski definition) is 3. The third kappa shape index (κ3) is 3.50. The average molecular weight is 377 g/mol. The molecule has 1 aliphatic rings. The van der Waals surface area contributed by atoms with Crippen LogP contribution in [0.5, 0.6) is 5.75 Å². The van der Waals surface area contributed by atoms with Crippen LogP contribution in [-0.4, -0.2) is 42.0 Å². The van der Waals surface area contributed by atoms with Crippen LogP contribution in [0.4, 0.5) is 0 Å². The van der Waals surface area contributed by atoms with Crippen molar-refractivity contribution in [3.8, 4) is 5.75 Å². The molecule has 5 heteroatoms. The number of aromatic amines is 1. The van der Waals surface area contributed by atoms with Gasteiger partial charge in [-0.25, -0.2) is 0 Å². The molecule has 5 nitrogen and oxygen atoms in total. The summed E-state index contributed by atoms with van der Waals surface area (Å²) in [5, 5.41) is 4.30. The summed E-state index contributed by atoms with van der Waals surface area (Å²) in [4.78, 5) is 18.4. The molecule has 3 aromatic rings. The van der Waals surface area contributed by atoms with Crippen molar-refractivity contribution in [2.75, 3.05) is 20.2 Å². The Balaban J connectivity index is 1.75. The van der Waals surface area contributed by atoms with Crippen molar-refractivity contribution in [3.05, 3.63) is 65.4 Å². The number of nitrogens with zero attached hydrogens (tertiary/aromatic N) is 1. The number of methoxy groups -OCH3 is 1. The van der Waals surface area contributed by atoms with Crippen LogP contribution in [0, 0.1) is 0 Å². The fourth-order valence-electron chi connectivity index (χ4n) is 4.18. The van der Waals surface area contributed by atoms with Crippen LogP contribution in [0.15, 0.2) is 48.5 Å². The lowest BCUT2D eigenvalue weighted by Crippen LogP contribution is -2.44. The second kappa shape index (κ2) is 7.68. The Hall–Kier alpha value is -2.79. The molecule has 4 rings (SSSR count). The summed E-state index contributed by atoms with van der Waals surface area (Å²) in [6, 6.07) is 16.7. The lowest BCUT2D eigenvalue weighted by Gasteiger charge is -2.36. The van der Waals surface area contributed by atoms with Gasteiger partial charge in [0.15, 0.2) is 0 Å². The van der Waals surface area contributed by atoms with Gasteiger partial charge in [-0.15, -0.1) is 0 Å². The second-order valence-corrected chi connectivity index (χ2v) is 7.68. The number of aromatic nitrogens is 1. The zero-order valence-electron chi connectivity index (χ0n) is 16.7. The Morgan fingerprint density at radius 2 is 1.96 bits per heavy atom. The fraction of sp³-hybridized carbons (Fsp3) is 0.348. The highest BCUT2D eigenvalue weighted by Crippen LogP contribution is 2.38. The first kappa shape index (κ1) is 18.6. The SMILES string of the molecule is COc1ccc([C@H]2c3[nH]c4ccccc4c3CCN2CC(=O)NC(C)C)cc1. The van der Waals surface area contributed by atoms with Crippen molar-refractivity contribution in [2.24, 2.45) is 0 Å². The van der Waals surface area contributed by atoms with Gasteiger partial charge in [-0.1, -0.05) is 30.3 Å². The van der Waals surface area contributed by atoms with Crippen molar-refractivity contribution in [2.45, 2.75) is 32.4 Å². The van der Waals surface area contributed by atoms with Crippen LogP contribution in [0.1, 0.15) is 36.7 Å². The predicted molar refractivity (Wildman–Crippen MR) is 112 cm³/mol. The van der Waals surface area contributed by atoms with E-state index in [1.54, 1.807) is 7.11 Å². The molecule has 0 saturated heterocycles. The first-order valence-electron chi connectivity index (χ1n) is 9.83. The van der Waals surface area contributed by atoms with Gasteiger partial charge >= 0.3 is 0 Å². The molecule has 0 bridgehead atoms. The summed E-state index contributed by atoms with van der Waals surface area (Å²) < 4.78 is 5.32. The lowest BCUT2D eigenvalue weighted by molar-refractivity contribution is -0.123. The Morgan fingerprint density at radius 1 is 1.21 bits per heavy atom. The predicted octanol–water partition coefficient (Wildman–Crippen LogP) is 3.65. The van der Waals surface area contributed by atoms with E-state index in [2.05, 4.69) is 51.6 Å². The van der Waals surface area contributed by atoms with E-state index < -0.39 is 0 Å². The molecule has 0 saturated carbocycles. The zero-order valence-corrected chi connectivity index (χ0v) is 16.7. The van der Waals surface area contributed by atoms with E-state index in [4.69, 9.17) is 4.74 Å². The number of benzene rings is 2. The summed E-state index contributed by atoms with van der Waals surface area (Å²) in [6.07, 6.45) is 0.932. The Kier molecular flexibility index (Phi) is 5.09. The maximum absolute atomic E-state index is 12.5. The number of carbonyl (C=O) groups excluding carboxylic acids is 1. The van der Waals surface area contributed by atoms with Crippen LogP contribution in [-0.2, 0) is 11.2 Å². The highest BCUT2D eigenvalue weighted by atomic mass is 16.5. The molecular weight excluding hydrogens is 350 g/mol. The Labute approximate surface area is 165 Å². The summed E-state index contributed by atoms with van der Waals surface area (Å²) in [5.41, 5.74) is 4.86. The number of nitrogens with one attached hydrogen (secondary N) is 2. The number of fused-ring (bicyclic) bond motifs is 3. The average Bonchev–Trinajstić information content (AvgIpc) is 3.06. The van der Waals surface area contributed by atoms with Gasteiger partial charge in [0.1, 0.15) is 5.75 Å². The van der Waals surface area contributed by atoms with Gasteiger partial charge in [-0.3, -0.25) is 9.69 Å². The van der Waals surface area contributed by atoms with Gasteiger partial charge in [0.2, 0.25) is 5.91 Å². The summed E-state index contributed by atoms with van der Waals surface area (Å²) in [7, 11) is 1.67. The minimum absolute atomic E-state index is 0.0139. The maximum Gasteiger partial charge on any atom is 0.234 e. The molecule has 2 N–H and O–H groups in total. The maximum atomic E-state index is 12.5. The van der Waals surface area contributed by atoms with Crippen molar-refractivity contribution in [1.29, 1.82) is 0 Å². The number of amides is 1. The largest absolute Gasteiger partial charge is 0.497 e. The van der Waals surface area contributed by atoms with Crippen LogP contribution in [0.25, 0.3) is 10.9 Å².